The van der Waals surface area contributed by atoms with Crippen LogP contribution in [0.5, 0.6) is 0 Å². The lowest BCUT2D eigenvalue weighted by atomic mass is 10.1. The van der Waals surface area contributed by atoms with Crippen LogP contribution >= 0.6 is 0 Å². The minimum atomic E-state index is -0.871. The van der Waals surface area contributed by atoms with E-state index in [0.29, 0.717) is 26.1 Å². The number of likely N-dealkylation sites (tertiary alicyclic amines) is 1. The second-order valence-electron chi connectivity index (χ2n) is 5.70. The molecule has 1 fully saturated rings. The van der Waals surface area contributed by atoms with E-state index in [1.165, 1.54) is 0 Å². The number of benzene rings is 1. The molecule has 1 saturated heterocycles. The van der Waals surface area contributed by atoms with Gasteiger partial charge in [0, 0.05) is 31.9 Å². The molecule has 0 aliphatic carbocycles. The largest absolute Gasteiger partial charge is 0.480 e. The van der Waals surface area contributed by atoms with Gasteiger partial charge in [-0.3, -0.25) is 14.4 Å². The lowest BCUT2D eigenvalue weighted by molar-refractivity contribution is -0.142. The number of nitrogens with zero attached hydrogens (tertiary/aromatic N) is 3. The van der Waals surface area contributed by atoms with Crippen molar-refractivity contribution >= 4 is 5.97 Å². The van der Waals surface area contributed by atoms with Gasteiger partial charge in [0.25, 0.3) is 0 Å². The summed E-state index contributed by atoms with van der Waals surface area (Å²) in [6, 6.07) is 9.31. The van der Waals surface area contributed by atoms with Crippen LogP contribution < -0.4 is 0 Å². The third-order valence-electron chi connectivity index (χ3n) is 3.95. The molecule has 22 heavy (non-hydrogen) atoms. The highest BCUT2D eigenvalue weighted by atomic mass is 16.4. The zero-order valence-electron chi connectivity index (χ0n) is 12.2. The summed E-state index contributed by atoms with van der Waals surface area (Å²) in [7, 11) is 0. The Balaban J connectivity index is 1.71. The predicted molar refractivity (Wildman–Crippen MR) is 80.2 cm³/mol. The average molecular weight is 301 g/mol. The maximum absolute atomic E-state index is 11.3. The Bertz CT molecular complexity index is 642. The maximum Gasteiger partial charge on any atom is 0.321 e. The van der Waals surface area contributed by atoms with E-state index in [-0.39, 0.29) is 0 Å². The van der Waals surface area contributed by atoms with E-state index in [2.05, 4.69) is 11.2 Å². The lowest BCUT2D eigenvalue weighted by Gasteiger charge is -2.21. The number of hydrogen-bond acceptors (Lipinski definition) is 4. The molecule has 116 valence electrons. The van der Waals surface area contributed by atoms with Crippen LogP contribution in [0, 0.1) is 0 Å². The van der Waals surface area contributed by atoms with E-state index in [0.717, 1.165) is 11.1 Å². The molecule has 0 radical (unpaired) electrons. The molecule has 1 aromatic heterocycles. The van der Waals surface area contributed by atoms with Crippen molar-refractivity contribution in [1.29, 1.82) is 0 Å². The first kappa shape index (κ1) is 14.7. The molecular formula is C16H19N3O3. The minimum Gasteiger partial charge on any atom is -0.480 e. The molecule has 2 N–H and O–H groups in total. The normalized spacial score (nSPS) is 22.0. The Labute approximate surface area is 128 Å². The average Bonchev–Trinajstić information content (AvgIpc) is 3.09. The maximum atomic E-state index is 11.3. The summed E-state index contributed by atoms with van der Waals surface area (Å²) in [5.74, 6) is -0.871. The van der Waals surface area contributed by atoms with Crippen LogP contribution in [0.2, 0.25) is 0 Å². The Morgan fingerprint density at radius 3 is 2.73 bits per heavy atom. The van der Waals surface area contributed by atoms with Crippen molar-refractivity contribution in [2.24, 2.45) is 0 Å². The summed E-state index contributed by atoms with van der Waals surface area (Å²) in [4.78, 5) is 13.1. The van der Waals surface area contributed by atoms with Crippen molar-refractivity contribution in [3.05, 3.63) is 53.9 Å². The summed E-state index contributed by atoms with van der Waals surface area (Å²) in [6.45, 7) is 1.62. The molecule has 2 heterocycles. The molecule has 0 saturated carbocycles. The molecule has 1 aliphatic heterocycles. The Morgan fingerprint density at radius 2 is 2.05 bits per heavy atom. The third-order valence-corrected chi connectivity index (χ3v) is 3.95. The molecule has 3 rings (SSSR count). The molecule has 6 heteroatoms. The smallest absolute Gasteiger partial charge is 0.321 e. The van der Waals surface area contributed by atoms with Crippen LogP contribution in [0.3, 0.4) is 0 Å². The molecule has 0 spiro atoms. The number of rotatable bonds is 5. The highest BCUT2D eigenvalue weighted by Gasteiger charge is 2.35. The Kier molecular flexibility index (Phi) is 4.22. The topological polar surface area (TPSA) is 78.6 Å². The molecule has 0 amide bonds. The summed E-state index contributed by atoms with van der Waals surface area (Å²) >= 11 is 0. The van der Waals surface area contributed by atoms with E-state index in [4.69, 9.17) is 0 Å². The summed E-state index contributed by atoms with van der Waals surface area (Å²) in [6.07, 6.45) is 3.38. The van der Waals surface area contributed by atoms with Crippen LogP contribution in [0.15, 0.2) is 42.7 Å². The summed E-state index contributed by atoms with van der Waals surface area (Å²) < 4.78 is 1.85. The van der Waals surface area contributed by atoms with Crippen molar-refractivity contribution in [2.75, 3.05) is 6.54 Å². The van der Waals surface area contributed by atoms with Gasteiger partial charge in [-0.1, -0.05) is 24.3 Å². The standard InChI is InChI=1S/C16H19N3O3/c20-14-8-15(16(21)22)18(11-14)9-12-3-1-4-13(7-12)10-19-6-2-5-17-19/h1-7,14-15,20H,8-11H2,(H,21,22)/t14-,15+/m1/s1. The molecular weight excluding hydrogens is 282 g/mol. The van der Waals surface area contributed by atoms with Crippen molar-refractivity contribution in [2.45, 2.75) is 31.7 Å². The van der Waals surface area contributed by atoms with E-state index < -0.39 is 18.1 Å². The van der Waals surface area contributed by atoms with E-state index in [9.17, 15) is 15.0 Å². The van der Waals surface area contributed by atoms with E-state index in [1.54, 1.807) is 6.20 Å². The van der Waals surface area contributed by atoms with Gasteiger partial charge in [0.05, 0.1) is 12.6 Å². The fourth-order valence-corrected chi connectivity index (χ4v) is 2.95. The minimum absolute atomic E-state index is 0.294. The van der Waals surface area contributed by atoms with Gasteiger partial charge in [-0.15, -0.1) is 0 Å². The summed E-state index contributed by atoms with van der Waals surface area (Å²) in [5, 5.41) is 23.1. The number of carbonyl (C=O) groups is 1. The number of carboxylic acid groups (broad SMARTS) is 1. The predicted octanol–water partition coefficient (Wildman–Crippen LogP) is 0.951. The quantitative estimate of drug-likeness (QED) is 0.860. The van der Waals surface area contributed by atoms with Gasteiger partial charge in [-0.05, 0) is 17.2 Å². The fourth-order valence-electron chi connectivity index (χ4n) is 2.95. The van der Waals surface area contributed by atoms with Gasteiger partial charge >= 0.3 is 5.97 Å². The molecule has 2 atom stereocenters. The van der Waals surface area contributed by atoms with E-state index in [1.807, 2.05) is 40.0 Å². The van der Waals surface area contributed by atoms with Gasteiger partial charge in [-0.2, -0.15) is 5.10 Å². The van der Waals surface area contributed by atoms with Gasteiger partial charge in [0.15, 0.2) is 0 Å². The zero-order chi connectivity index (χ0) is 15.5. The van der Waals surface area contributed by atoms with E-state index >= 15 is 0 Å². The lowest BCUT2D eigenvalue weighted by Crippen LogP contribution is -2.35. The monoisotopic (exact) mass is 301 g/mol. The van der Waals surface area contributed by atoms with Crippen LogP contribution in [-0.4, -0.2) is 49.6 Å². The van der Waals surface area contributed by atoms with Crippen LogP contribution in [-0.2, 0) is 17.9 Å². The number of aromatic nitrogens is 2. The van der Waals surface area contributed by atoms with Crippen molar-refractivity contribution in [3.63, 3.8) is 0 Å². The number of aliphatic hydroxyl groups excluding tert-OH is 1. The molecule has 2 aromatic rings. The fraction of sp³-hybridized carbons (Fsp3) is 0.375. The molecule has 0 bridgehead atoms. The number of carboxylic acids is 1. The first-order valence-electron chi connectivity index (χ1n) is 7.32. The highest BCUT2D eigenvalue weighted by Crippen LogP contribution is 2.21. The summed E-state index contributed by atoms with van der Waals surface area (Å²) in [5.41, 5.74) is 2.16. The van der Waals surface area contributed by atoms with Crippen LogP contribution in [0.4, 0.5) is 0 Å². The second kappa shape index (κ2) is 6.29. The van der Waals surface area contributed by atoms with Crippen molar-refractivity contribution in [3.8, 4) is 0 Å². The molecule has 1 aromatic carbocycles. The Morgan fingerprint density at radius 1 is 1.27 bits per heavy atom. The van der Waals surface area contributed by atoms with Gasteiger partial charge in [-0.25, -0.2) is 0 Å². The van der Waals surface area contributed by atoms with Crippen molar-refractivity contribution < 1.29 is 15.0 Å². The van der Waals surface area contributed by atoms with Gasteiger partial charge < -0.3 is 10.2 Å². The van der Waals surface area contributed by atoms with Crippen LogP contribution in [0.1, 0.15) is 17.5 Å². The van der Waals surface area contributed by atoms with Crippen molar-refractivity contribution in [1.82, 2.24) is 14.7 Å². The molecule has 0 unspecified atom stereocenters. The Hall–Kier alpha value is -2.18. The van der Waals surface area contributed by atoms with Crippen LogP contribution in [0.25, 0.3) is 0 Å². The molecule has 6 nitrogen and oxygen atoms in total. The number of aliphatic hydroxyl groups is 1. The van der Waals surface area contributed by atoms with Gasteiger partial charge in [0.1, 0.15) is 6.04 Å². The third kappa shape index (κ3) is 3.35. The highest BCUT2D eigenvalue weighted by molar-refractivity contribution is 5.74. The SMILES string of the molecule is O=C(O)[C@@H]1C[C@@H](O)CN1Cc1cccc(Cn2cccn2)c1. The number of aliphatic carboxylic acids is 1. The number of hydrogen-bond donors (Lipinski definition) is 2. The van der Waals surface area contributed by atoms with Gasteiger partial charge in [0.2, 0.25) is 0 Å². The first-order valence-corrected chi connectivity index (χ1v) is 7.32. The zero-order valence-corrected chi connectivity index (χ0v) is 12.2. The molecule has 1 aliphatic rings. The second-order valence-corrected chi connectivity index (χ2v) is 5.70. The first-order chi connectivity index (χ1) is 10.6. The number of β-amino-alcohol motifs (C(OH)–C–C–N with tert-alkyl or cyclic N) is 1.